The van der Waals surface area contributed by atoms with Crippen molar-refractivity contribution in [3.05, 3.63) is 64.7 Å². The molecule has 0 aromatic heterocycles. The maximum absolute atomic E-state index is 12.7. The Hall–Kier alpha value is -2.33. The van der Waals surface area contributed by atoms with E-state index in [1.54, 1.807) is 43.4 Å². The van der Waals surface area contributed by atoms with E-state index in [0.717, 1.165) is 5.56 Å². The van der Waals surface area contributed by atoms with E-state index in [1.165, 1.54) is 0 Å². The number of carbonyl (C=O) groups excluding carboxylic acids is 2. The fourth-order valence-corrected chi connectivity index (χ4v) is 2.70. The summed E-state index contributed by atoms with van der Waals surface area (Å²) in [7, 11) is 1.58. The number of benzene rings is 2. The fraction of sp³-hybridized carbons (Fsp3) is 0.263. The van der Waals surface area contributed by atoms with Crippen LogP contribution in [-0.4, -0.2) is 18.9 Å². The van der Waals surface area contributed by atoms with Gasteiger partial charge in [0.25, 0.3) is 5.91 Å². The second-order valence-corrected chi connectivity index (χ2v) is 6.36. The van der Waals surface area contributed by atoms with Crippen LogP contribution in [0.1, 0.15) is 35.7 Å². The van der Waals surface area contributed by atoms with E-state index in [-0.39, 0.29) is 23.7 Å². The Morgan fingerprint density at radius 2 is 1.54 bits per heavy atom. The zero-order valence-corrected chi connectivity index (χ0v) is 14.7. The van der Waals surface area contributed by atoms with Gasteiger partial charge in [-0.05, 0) is 47.9 Å². The molecule has 126 valence electrons. The van der Waals surface area contributed by atoms with E-state index < -0.39 is 0 Å². The van der Waals surface area contributed by atoms with Crippen molar-refractivity contribution >= 4 is 29.1 Å². The Morgan fingerprint density at radius 3 is 2.04 bits per heavy atom. The Morgan fingerprint density at radius 1 is 0.958 bits per heavy atom. The quantitative estimate of drug-likeness (QED) is 0.858. The van der Waals surface area contributed by atoms with E-state index in [0.29, 0.717) is 16.3 Å². The summed E-state index contributed by atoms with van der Waals surface area (Å²) in [6.45, 7) is 4.01. The number of rotatable bonds is 5. The van der Waals surface area contributed by atoms with Crippen LogP contribution in [0.15, 0.2) is 48.5 Å². The molecule has 0 spiro atoms. The van der Waals surface area contributed by atoms with Crippen molar-refractivity contribution in [2.75, 3.05) is 12.4 Å². The molecule has 2 N–H and O–H groups in total. The first-order valence-corrected chi connectivity index (χ1v) is 8.18. The van der Waals surface area contributed by atoms with E-state index in [1.807, 2.05) is 26.0 Å². The van der Waals surface area contributed by atoms with Gasteiger partial charge in [-0.25, -0.2) is 0 Å². The van der Waals surface area contributed by atoms with E-state index >= 15 is 0 Å². The molecule has 2 aromatic carbocycles. The van der Waals surface area contributed by atoms with Gasteiger partial charge in [-0.3, -0.25) is 9.59 Å². The number of halogens is 1. The molecule has 2 rings (SSSR count). The van der Waals surface area contributed by atoms with Gasteiger partial charge in [-0.1, -0.05) is 37.6 Å². The fourth-order valence-electron chi connectivity index (χ4n) is 2.58. The highest BCUT2D eigenvalue weighted by molar-refractivity contribution is 6.30. The number of carbonyl (C=O) groups is 2. The molecule has 1 atom stereocenters. The molecule has 5 heteroatoms. The average molecular weight is 345 g/mol. The van der Waals surface area contributed by atoms with Gasteiger partial charge in [0.2, 0.25) is 5.91 Å². The molecule has 2 aromatic rings. The summed E-state index contributed by atoms with van der Waals surface area (Å²) < 4.78 is 0. The lowest BCUT2D eigenvalue weighted by Crippen LogP contribution is -2.25. The van der Waals surface area contributed by atoms with Crippen LogP contribution in [-0.2, 0) is 4.79 Å². The van der Waals surface area contributed by atoms with Gasteiger partial charge in [0.05, 0.1) is 5.92 Å². The smallest absolute Gasteiger partial charge is 0.251 e. The summed E-state index contributed by atoms with van der Waals surface area (Å²) in [6.07, 6.45) is 0. The standard InChI is InChI=1S/C19H21ClN2O2/c1-12(2)17(13-4-8-15(20)9-5-13)19(24)22-16-10-6-14(7-11-16)18(23)21-3/h4-12,17H,1-3H3,(H,21,23)(H,22,24)/t17-/m1/s1. The minimum Gasteiger partial charge on any atom is -0.355 e. The van der Waals surface area contributed by atoms with Crippen molar-refractivity contribution in [2.45, 2.75) is 19.8 Å². The highest BCUT2D eigenvalue weighted by Gasteiger charge is 2.24. The maximum atomic E-state index is 12.7. The van der Waals surface area contributed by atoms with Gasteiger partial charge in [0, 0.05) is 23.3 Å². The van der Waals surface area contributed by atoms with Gasteiger partial charge < -0.3 is 10.6 Å². The van der Waals surface area contributed by atoms with Crippen LogP contribution >= 0.6 is 11.6 Å². The molecule has 0 saturated carbocycles. The number of hydrogen-bond donors (Lipinski definition) is 2. The minimum absolute atomic E-state index is 0.0833. The SMILES string of the molecule is CNC(=O)c1ccc(NC(=O)[C@@H](c2ccc(Cl)cc2)C(C)C)cc1. The molecule has 4 nitrogen and oxygen atoms in total. The van der Waals surface area contributed by atoms with E-state index in [2.05, 4.69) is 10.6 Å². The molecular formula is C19H21ClN2O2. The van der Waals surface area contributed by atoms with E-state index in [9.17, 15) is 9.59 Å². The monoisotopic (exact) mass is 344 g/mol. The Bertz CT molecular complexity index is 709. The molecule has 0 aliphatic carbocycles. The molecule has 0 radical (unpaired) electrons. The third-order valence-corrected chi connectivity index (χ3v) is 4.07. The minimum atomic E-state index is -0.277. The van der Waals surface area contributed by atoms with Crippen LogP contribution in [0.4, 0.5) is 5.69 Å². The average Bonchev–Trinajstić information content (AvgIpc) is 2.56. The van der Waals surface area contributed by atoms with Crippen molar-refractivity contribution in [3.63, 3.8) is 0 Å². The lowest BCUT2D eigenvalue weighted by Gasteiger charge is -2.21. The Kier molecular flexibility index (Phi) is 5.99. The zero-order valence-electron chi connectivity index (χ0n) is 14.0. The van der Waals surface area contributed by atoms with Gasteiger partial charge in [0.1, 0.15) is 0 Å². The van der Waals surface area contributed by atoms with Crippen LogP contribution in [0.25, 0.3) is 0 Å². The van der Waals surface area contributed by atoms with Crippen molar-refractivity contribution in [3.8, 4) is 0 Å². The predicted molar refractivity (Wildman–Crippen MR) is 97.5 cm³/mol. The second kappa shape index (κ2) is 7.97. The highest BCUT2D eigenvalue weighted by atomic mass is 35.5. The van der Waals surface area contributed by atoms with Crippen LogP contribution in [0.5, 0.6) is 0 Å². The Labute approximate surface area is 147 Å². The van der Waals surface area contributed by atoms with E-state index in [4.69, 9.17) is 11.6 Å². The molecule has 0 unspecified atom stereocenters. The predicted octanol–water partition coefficient (Wildman–Crippen LogP) is 4.08. The summed E-state index contributed by atoms with van der Waals surface area (Å²) in [5.74, 6) is -0.383. The molecule has 0 saturated heterocycles. The number of anilines is 1. The third kappa shape index (κ3) is 4.36. The normalized spacial score (nSPS) is 11.9. The summed E-state index contributed by atoms with van der Waals surface area (Å²) in [6, 6.07) is 14.1. The van der Waals surface area contributed by atoms with Crippen LogP contribution in [0.3, 0.4) is 0 Å². The van der Waals surface area contributed by atoms with Gasteiger partial charge >= 0.3 is 0 Å². The zero-order chi connectivity index (χ0) is 17.7. The molecule has 0 bridgehead atoms. The summed E-state index contributed by atoms with van der Waals surface area (Å²) in [4.78, 5) is 24.2. The van der Waals surface area contributed by atoms with Crippen LogP contribution in [0.2, 0.25) is 5.02 Å². The molecule has 0 aliphatic heterocycles. The van der Waals surface area contributed by atoms with Crippen LogP contribution < -0.4 is 10.6 Å². The number of amides is 2. The molecule has 24 heavy (non-hydrogen) atoms. The van der Waals surface area contributed by atoms with Crippen molar-refractivity contribution < 1.29 is 9.59 Å². The van der Waals surface area contributed by atoms with Gasteiger partial charge in [0.15, 0.2) is 0 Å². The number of nitrogens with one attached hydrogen (secondary N) is 2. The van der Waals surface area contributed by atoms with Crippen molar-refractivity contribution in [2.24, 2.45) is 5.92 Å². The molecule has 0 heterocycles. The van der Waals surface area contributed by atoms with Crippen molar-refractivity contribution in [1.82, 2.24) is 5.32 Å². The first-order chi connectivity index (χ1) is 11.4. The maximum Gasteiger partial charge on any atom is 0.251 e. The second-order valence-electron chi connectivity index (χ2n) is 5.92. The number of hydrogen-bond acceptors (Lipinski definition) is 2. The topological polar surface area (TPSA) is 58.2 Å². The molecule has 0 aliphatic rings. The van der Waals surface area contributed by atoms with Gasteiger partial charge in [-0.15, -0.1) is 0 Å². The molecule has 0 fully saturated rings. The third-order valence-electron chi connectivity index (χ3n) is 3.82. The van der Waals surface area contributed by atoms with Crippen LogP contribution in [0, 0.1) is 5.92 Å². The molecular weight excluding hydrogens is 324 g/mol. The first-order valence-electron chi connectivity index (χ1n) is 7.81. The Balaban J connectivity index is 2.16. The first kappa shape index (κ1) is 18.0. The lowest BCUT2D eigenvalue weighted by molar-refractivity contribution is -0.118. The summed E-state index contributed by atoms with van der Waals surface area (Å²) in [5.41, 5.74) is 2.13. The summed E-state index contributed by atoms with van der Waals surface area (Å²) in [5, 5.41) is 6.13. The summed E-state index contributed by atoms with van der Waals surface area (Å²) >= 11 is 5.92. The highest BCUT2D eigenvalue weighted by Crippen LogP contribution is 2.27. The van der Waals surface area contributed by atoms with Crippen molar-refractivity contribution in [1.29, 1.82) is 0 Å². The lowest BCUT2D eigenvalue weighted by atomic mass is 9.87. The molecule has 2 amide bonds. The van der Waals surface area contributed by atoms with Gasteiger partial charge in [-0.2, -0.15) is 0 Å². The largest absolute Gasteiger partial charge is 0.355 e.